The summed E-state index contributed by atoms with van der Waals surface area (Å²) in [7, 11) is 3.32. The highest BCUT2D eigenvalue weighted by Crippen LogP contribution is 2.27. The lowest BCUT2D eigenvalue weighted by Crippen LogP contribution is -1.88. The number of fused-ring (bicyclic) bond motifs is 1. The summed E-state index contributed by atoms with van der Waals surface area (Å²) in [5, 5.41) is 0. The third-order valence-corrected chi connectivity index (χ3v) is 3.08. The molecule has 0 atom stereocenters. The Balaban J connectivity index is 2.14. The van der Waals surface area contributed by atoms with Crippen LogP contribution in [0.1, 0.15) is 0 Å². The van der Waals surface area contributed by atoms with Crippen LogP contribution in [0.3, 0.4) is 0 Å². The highest BCUT2D eigenvalue weighted by Gasteiger charge is 2.08. The average molecular weight is 254 g/mol. The van der Waals surface area contributed by atoms with Crippen molar-refractivity contribution in [1.82, 2.24) is 9.38 Å². The molecule has 3 aromatic rings. The Kier molecular flexibility index (Phi) is 2.83. The van der Waals surface area contributed by atoms with E-state index in [1.807, 2.05) is 47.0 Å². The fourth-order valence-electron chi connectivity index (χ4n) is 2.09. The number of aromatic nitrogens is 2. The van der Waals surface area contributed by atoms with Gasteiger partial charge in [0.1, 0.15) is 17.8 Å². The van der Waals surface area contributed by atoms with E-state index in [1.165, 1.54) is 0 Å². The molecule has 96 valence electrons. The van der Waals surface area contributed by atoms with Crippen LogP contribution >= 0.6 is 0 Å². The van der Waals surface area contributed by atoms with Gasteiger partial charge < -0.3 is 13.9 Å². The lowest BCUT2D eigenvalue weighted by Gasteiger charge is -2.04. The van der Waals surface area contributed by atoms with Crippen LogP contribution in [0.4, 0.5) is 0 Å². The average Bonchev–Trinajstić information content (AvgIpc) is 2.90. The minimum atomic E-state index is 0.807. The first-order valence-electron chi connectivity index (χ1n) is 5.97. The van der Waals surface area contributed by atoms with E-state index < -0.39 is 0 Å². The smallest absolute Gasteiger partial charge is 0.135 e. The maximum absolute atomic E-state index is 5.25. The van der Waals surface area contributed by atoms with Gasteiger partial charge in [-0.3, -0.25) is 0 Å². The number of ether oxygens (including phenoxy) is 2. The molecule has 1 aromatic carbocycles. The number of methoxy groups -OCH3 is 2. The molecule has 2 heterocycles. The molecule has 3 rings (SSSR count). The van der Waals surface area contributed by atoms with Gasteiger partial charge in [0.25, 0.3) is 0 Å². The summed E-state index contributed by atoms with van der Waals surface area (Å²) in [4.78, 5) is 4.47. The number of pyridine rings is 1. The molecule has 0 aliphatic carbocycles. The van der Waals surface area contributed by atoms with E-state index in [9.17, 15) is 0 Å². The van der Waals surface area contributed by atoms with Crippen molar-refractivity contribution in [3.05, 3.63) is 48.9 Å². The first kappa shape index (κ1) is 11.6. The minimum Gasteiger partial charge on any atom is -0.497 e. The van der Waals surface area contributed by atoms with Gasteiger partial charge in [0.15, 0.2) is 0 Å². The van der Waals surface area contributed by atoms with E-state index in [4.69, 9.17) is 9.47 Å². The van der Waals surface area contributed by atoms with E-state index in [0.29, 0.717) is 0 Å². The Labute approximate surface area is 111 Å². The van der Waals surface area contributed by atoms with Crippen molar-refractivity contribution in [2.45, 2.75) is 0 Å². The molecule has 0 spiro atoms. The second-order valence-corrected chi connectivity index (χ2v) is 4.19. The van der Waals surface area contributed by atoms with Gasteiger partial charge >= 0.3 is 0 Å². The topological polar surface area (TPSA) is 35.8 Å². The van der Waals surface area contributed by atoms with Crippen molar-refractivity contribution < 1.29 is 9.47 Å². The number of rotatable bonds is 3. The summed E-state index contributed by atoms with van der Waals surface area (Å²) in [6.07, 6.45) is 3.69. The molecule has 0 radical (unpaired) electrons. The van der Waals surface area contributed by atoms with Gasteiger partial charge in [0, 0.05) is 5.56 Å². The van der Waals surface area contributed by atoms with Crippen LogP contribution in [0.5, 0.6) is 11.5 Å². The number of hydrogen-bond acceptors (Lipinski definition) is 3. The molecule has 19 heavy (non-hydrogen) atoms. The summed E-state index contributed by atoms with van der Waals surface area (Å²) in [5.41, 5.74) is 3.00. The van der Waals surface area contributed by atoms with Crippen LogP contribution in [0.25, 0.3) is 16.8 Å². The van der Waals surface area contributed by atoms with Crippen LogP contribution in [0.2, 0.25) is 0 Å². The van der Waals surface area contributed by atoms with Crippen LogP contribution in [-0.4, -0.2) is 23.6 Å². The first-order chi connectivity index (χ1) is 9.31. The van der Waals surface area contributed by atoms with Crippen molar-refractivity contribution in [3.8, 4) is 22.8 Å². The summed E-state index contributed by atoms with van der Waals surface area (Å²) < 4.78 is 12.4. The van der Waals surface area contributed by atoms with Gasteiger partial charge in [0.05, 0.1) is 31.6 Å². The summed E-state index contributed by atoms with van der Waals surface area (Å²) in [6, 6.07) is 11.8. The Bertz CT molecular complexity index is 719. The second kappa shape index (κ2) is 4.65. The molecule has 4 nitrogen and oxygen atoms in total. The normalized spacial score (nSPS) is 10.6. The summed E-state index contributed by atoms with van der Waals surface area (Å²) >= 11 is 0. The Morgan fingerprint density at radius 2 is 1.84 bits per heavy atom. The van der Waals surface area contributed by atoms with E-state index in [1.54, 1.807) is 20.5 Å². The molecule has 0 saturated heterocycles. The molecule has 0 fully saturated rings. The fourth-order valence-corrected chi connectivity index (χ4v) is 2.09. The zero-order valence-corrected chi connectivity index (χ0v) is 10.8. The molecule has 0 aliphatic heterocycles. The maximum Gasteiger partial charge on any atom is 0.135 e. The number of nitrogens with zero attached hydrogens (tertiary/aromatic N) is 2. The predicted octanol–water partition coefficient (Wildman–Crippen LogP) is 3.02. The molecule has 4 heteroatoms. The van der Waals surface area contributed by atoms with Crippen LogP contribution in [0.15, 0.2) is 48.9 Å². The Hall–Kier alpha value is -2.49. The van der Waals surface area contributed by atoms with Gasteiger partial charge in [0.2, 0.25) is 0 Å². The number of benzene rings is 1. The van der Waals surface area contributed by atoms with Crippen molar-refractivity contribution in [3.63, 3.8) is 0 Å². The quantitative estimate of drug-likeness (QED) is 0.720. The molecule has 0 bridgehead atoms. The number of hydrogen-bond donors (Lipinski definition) is 0. The third kappa shape index (κ3) is 2.01. The number of imidazole rings is 1. The van der Waals surface area contributed by atoms with Gasteiger partial charge in [-0.15, -0.1) is 0 Å². The standard InChI is InChI=1S/C15H14N2O2/c1-18-12-5-3-4-11(8-12)15-14-7-6-13(19-2)9-17(14)10-16-15/h3-10H,1-2H3. The van der Waals surface area contributed by atoms with Crippen LogP contribution < -0.4 is 9.47 Å². The van der Waals surface area contributed by atoms with E-state index in [-0.39, 0.29) is 0 Å². The Morgan fingerprint density at radius 3 is 2.63 bits per heavy atom. The van der Waals surface area contributed by atoms with Gasteiger partial charge in [-0.25, -0.2) is 4.98 Å². The molecule has 0 aliphatic rings. The lowest BCUT2D eigenvalue weighted by molar-refractivity contribution is 0.412. The molecule has 0 saturated carbocycles. The minimum absolute atomic E-state index is 0.807. The zero-order valence-electron chi connectivity index (χ0n) is 10.8. The summed E-state index contributed by atoms with van der Waals surface area (Å²) in [6.45, 7) is 0. The molecule has 0 amide bonds. The monoisotopic (exact) mass is 254 g/mol. The maximum atomic E-state index is 5.25. The molecule has 0 unspecified atom stereocenters. The Morgan fingerprint density at radius 1 is 1.00 bits per heavy atom. The molecule has 2 aromatic heterocycles. The third-order valence-electron chi connectivity index (χ3n) is 3.08. The van der Waals surface area contributed by atoms with Crippen LogP contribution in [-0.2, 0) is 0 Å². The lowest BCUT2D eigenvalue weighted by atomic mass is 10.1. The van der Waals surface area contributed by atoms with Crippen molar-refractivity contribution >= 4 is 5.52 Å². The SMILES string of the molecule is COc1cccc(-c2ncn3cc(OC)ccc23)c1. The zero-order chi connectivity index (χ0) is 13.2. The van der Waals surface area contributed by atoms with E-state index >= 15 is 0 Å². The predicted molar refractivity (Wildman–Crippen MR) is 73.7 cm³/mol. The highest BCUT2D eigenvalue weighted by atomic mass is 16.5. The highest BCUT2D eigenvalue weighted by molar-refractivity contribution is 5.78. The van der Waals surface area contributed by atoms with E-state index in [2.05, 4.69) is 4.98 Å². The first-order valence-corrected chi connectivity index (χ1v) is 5.97. The molecule has 0 N–H and O–H groups in total. The summed E-state index contributed by atoms with van der Waals surface area (Å²) in [5.74, 6) is 1.63. The molecular weight excluding hydrogens is 240 g/mol. The van der Waals surface area contributed by atoms with Crippen molar-refractivity contribution in [1.29, 1.82) is 0 Å². The van der Waals surface area contributed by atoms with Crippen LogP contribution in [0, 0.1) is 0 Å². The van der Waals surface area contributed by atoms with Crippen molar-refractivity contribution in [2.24, 2.45) is 0 Å². The fraction of sp³-hybridized carbons (Fsp3) is 0.133. The van der Waals surface area contributed by atoms with Gasteiger partial charge in [-0.2, -0.15) is 0 Å². The molecular formula is C15H14N2O2. The second-order valence-electron chi connectivity index (χ2n) is 4.19. The largest absolute Gasteiger partial charge is 0.497 e. The van der Waals surface area contributed by atoms with Gasteiger partial charge in [-0.1, -0.05) is 12.1 Å². The van der Waals surface area contributed by atoms with Crippen molar-refractivity contribution in [2.75, 3.05) is 14.2 Å². The van der Waals surface area contributed by atoms with E-state index in [0.717, 1.165) is 28.3 Å². The van der Waals surface area contributed by atoms with Gasteiger partial charge in [-0.05, 0) is 24.3 Å².